The van der Waals surface area contributed by atoms with Gasteiger partial charge in [-0.1, -0.05) is 43.3 Å². The van der Waals surface area contributed by atoms with Crippen LogP contribution in [0.1, 0.15) is 25.3 Å². The minimum atomic E-state index is -0.559. The molecule has 29 heavy (non-hydrogen) atoms. The van der Waals surface area contributed by atoms with Crippen LogP contribution in [-0.2, 0) is 16.0 Å². The molecule has 2 aromatic rings. The SMILES string of the molecule is CC[C@H](N)C(=O)N[C@H](C=CC(=O)Nc1ccc(OC)cc1)CCc1ccccc1. The molecule has 0 aliphatic heterocycles. The van der Waals surface area contributed by atoms with Gasteiger partial charge < -0.3 is 21.1 Å². The number of hydrogen-bond acceptors (Lipinski definition) is 4. The van der Waals surface area contributed by atoms with Gasteiger partial charge in [-0.2, -0.15) is 0 Å². The molecule has 0 aromatic heterocycles. The fourth-order valence-electron chi connectivity index (χ4n) is 2.72. The van der Waals surface area contributed by atoms with E-state index in [1.165, 1.54) is 11.6 Å². The van der Waals surface area contributed by atoms with Crippen LogP contribution in [0.3, 0.4) is 0 Å². The van der Waals surface area contributed by atoms with Crippen LogP contribution in [0.15, 0.2) is 66.7 Å². The minimum absolute atomic E-state index is 0.217. The topological polar surface area (TPSA) is 93.5 Å². The van der Waals surface area contributed by atoms with Gasteiger partial charge in [-0.05, 0) is 49.1 Å². The molecule has 0 aliphatic rings. The molecule has 2 aromatic carbocycles. The van der Waals surface area contributed by atoms with Gasteiger partial charge in [0, 0.05) is 17.8 Å². The Balaban J connectivity index is 1.99. The number of amides is 2. The van der Waals surface area contributed by atoms with Crippen LogP contribution in [-0.4, -0.2) is 31.0 Å². The number of nitrogens with one attached hydrogen (secondary N) is 2. The van der Waals surface area contributed by atoms with Gasteiger partial charge in [0.15, 0.2) is 0 Å². The molecule has 154 valence electrons. The summed E-state index contributed by atoms with van der Waals surface area (Å²) in [7, 11) is 1.59. The van der Waals surface area contributed by atoms with Crippen LogP contribution in [0, 0.1) is 0 Å². The van der Waals surface area contributed by atoms with Crippen molar-refractivity contribution < 1.29 is 14.3 Å². The van der Waals surface area contributed by atoms with Gasteiger partial charge in [0.2, 0.25) is 11.8 Å². The molecule has 0 heterocycles. The highest BCUT2D eigenvalue weighted by Gasteiger charge is 2.15. The van der Waals surface area contributed by atoms with E-state index in [4.69, 9.17) is 10.5 Å². The van der Waals surface area contributed by atoms with E-state index in [-0.39, 0.29) is 17.9 Å². The van der Waals surface area contributed by atoms with E-state index in [0.717, 1.165) is 12.2 Å². The molecule has 0 spiro atoms. The lowest BCUT2D eigenvalue weighted by atomic mass is 10.0. The largest absolute Gasteiger partial charge is 0.497 e. The summed E-state index contributed by atoms with van der Waals surface area (Å²) in [6.07, 6.45) is 5.15. The number of ether oxygens (including phenoxy) is 1. The highest BCUT2D eigenvalue weighted by Crippen LogP contribution is 2.15. The molecule has 0 saturated heterocycles. The molecular weight excluding hydrogens is 366 g/mol. The Kier molecular flexibility index (Phi) is 8.92. The zero-order chi connectivity index (χ0) is 21.1. The number of carbonyl (C=O) groups is 2. The molecular formula is C23H29N3O3. The second-order valence-corrected chi connectivity index (χ2v) is 6.73. The summed E-state index contributed by atoms with van der Waals surface area (Å²) < 4.78 is 5.10. The third-order valence-electron chi connectivity index (χ3n) is 4.53. The Morgan fingerprint density at radius 3 is 2.41 bits per heavy atom. The van der Waals surface area contributed by atoms with Crippen molar-refractivity contribution >= 4 is 17.5 Å². The van der Waals surface area contributed by atoms with Crippen LogP contribution in [0.4, 0.5) is 5.69 Å². The maximum atomic E-state index is 12.3. The fraction of sp³-hybridized carbons (Fsp3) is 0.304. The normalized spacial score (nSPS) is 12.9. The van der Waals surface area contributed by atoms with Crippen molar-refractivity contribution in [1.29, 1.82) is 0 Å². The summed E-state index contributed by atoms with van der Waals surface area (Å²) in [6.45, 7) is 1.86. The van der Waals surface area contributed by atoms with E-state index in [9.17, 15) is 9.59 Å². The Bertz CT molecular complexity index is 804. The van der Waals surface area contributed by atoms with E-state index in [2.05, 4.69) is 10.6 Å². The van der Waals surface area contributed by atoms with Crippen molar-refractivity contribution in [2.45, 2.75) is 38.3 Å². The number of anilines is 1. The quantitative estimate of drug-likeness (QED) is 0.539. The molecule has 6 nitrogen and oxygen atoms in total. The lowest BCUT2D eigenvalue weighted by Gasteiger charge is -2.18. The van der Waals surface area contributed by atoms with Crippen LogP contribution in [0.5, 0.6) is 5.75 Å². The number of aryl methyl sites for hydroxylation is 1. The lowest BCUT2D eigenvalue weighted by molar-refractivity contribution is -0.123. The summed E-state index contributed by atoms with van der Waals surface area (Å²) in [5, 5.41) is 5.72. The van der Waals surface area contributed by atoms with Gasteiger partial charge in [-0.25, -0.2) is 0 Å². The van der Waals surface area contributed by atoms with E-state index in [0.29, 0.717) is 18.5 Å². The Labute approximate surface area is 172 Å². The first-order valence-electron chi connectivity index (χ1n) is 9.75. The van der Waals surface area contributed by atoms with Crippen molar-refractivity contribution in [2.24, 2.45) is 5.73 Å². The standard InChI is InChI=1S/C23H29N3O3/c1-3-21(24)23(28)26-19(10-9-17-7-5-4-6-8-17)13-16-22(27)25-18-11-14-20(29-2)15-12-18/h4-8,11-16,19,21H,3,9-10,24H2,1-2H3,(H,25,27)(H,26,28)/t19-,21-/m0/s1. The first-order chi connectivity index (χ1) is 14.0. The van der Waals surface area contributed by atoms with Gasteiger partial charge in [0.05, 0.1) is 13.2 Å². The molecule has 0 radical (unpaired) electrons. The number of carbonyl (C=O) groups excluding carboxylic acids is 2. The lowest BCUT2D eigenvalue weighted by Crippen LogP contribution is -2.44. The fourth-order valence-corrected chi connectivity index (χ4v) is 2.72. The molecule has 6 heteroatoms. The predicted octanol–water partition coefficient (Wildman–Crippen LogP) is 3.04. The average molecular weight is 396 g/mol. The number of methoxy groups -OCH3 is 1. The molecule has 2 rings (SSSR count). The third kappa shape index (κ3) is 7.79. The molecule has 4 N–H and O–H groups in total. The number of benzene rings is 2. The van der Waals surface area contributed by atoms with E-state index < -0.39 is 6.04 Å². The smallest absolute Gasteiger partial charge is 0.248 e. The van der Waals surface area contributed by atoms with Crippen molar-refractivity contribution in [3.8, 4) is 5.75 Å². The maximum absolute atomic E-state index is 12.3. The first kappa shape index (κ1) is 22.2. The molecule has 0 saturated carbocycles. The van der Waals surface area contributed by atoms with Crippen LogP contribution < -0.4 is 21.1 Å². The number of rotatable bonds is 10. The zero-order valence-corrected chi connectivity index (χ0v) is 16.9. The summed E-state index contributed by atoms with van der Waals surface area (Å²) in [5.74, 6) is 0.231. The van der Waals surface area contributed by atoms with Crippen LogP contribution in [0.25, 0.3) is 0 Å². The Morgan fingerprint density at radius 1 is 1.10 bits per heavy atom. The highest BCUT2D eigenvalue weighted by atomic mass is 16.5. The number of hydrogen-bond donors (Lipinski definition) is 3. The monoisotopic (exact) mass is 395 g/mol. The Hall–Kier alpha value is -3.12. The van der Waals surface area contributed by atoms with E-state index in [1.807, 2.05) is 37.3 Å². The minimum Gasteiger partial charge on any atom is -0.497 e. The maximum Gasteiger partial charge on any atom is 0.248 e. The van der Waals surface area contributed by atoms with E-state index in [1.54, 1.807) is 37.5 Å². The van der Waals surface area contributed by atoms with Gasteiger partial charge in [-0.3, -0.25) is 9.59 Å². The third-order valence-corrected chi connectivity index (χ3v) is 4.53. The summed E-state index contributed by atoms with van der Waals surface area (Å²) >= 11 is 0. The van der Waals surface area contributed by atoms with Crippen molar-refractivity contribution in [2.75, 3.05) is 12.4 Å². The molecule has 2 atom stereocenters. The summed E-state index contributed by atoms with van der Waals surface area (Å²) in [5.41, 5.74) is 7.66. The molecule has 0 fully saturated rings. The zero-order valence-electron chi connectivity index (χ0n) is 16.9. The van der Waals surface area contributed by atoms with Gasteiger partial charge in [0.25, 0.3) is 0 Å². The average Bonchev–Trinajstić information content (AvgIpc) is 2.76. The van der Waals surface area contributed by atoms with E-state index >= 15 is 0 Å². The second-order valence-electron chi connectivity index (χ2n) is 6.73. The Morgan fingerprint density at radius 2 is 1.79 bits per heavy atom. The summed E-state index contributed by atoms with van der Waals surface area (Å²) in [6, 6.07) is 16.2. The first-order valence-corrected chi connectivity index (χ1v) is 9.75. The molecule has 0 bridgehead atoms. The molecule has 0 aliphatic carbocycles. The highest BCUT2D eigenvalue weighted by molar-refractivity contribution is 5.99. The van der Waals surface area contributed by atoms with Crippen molar-refractivity contribution in [1.82, 2.24) is 5.32 Å². The molecule has 0 unspecified atom stereocenters. The van der Waals surface area contributed by atoms with Crippen LogP contribution in [0.2, 0.25) is 0 Å². The predicted molar refractivity (Wildman–Crippen MR) is 116 cm³/mol. The van der Waals surface area contributed by atoms with Gasteiger partial charge >= 0.3 is 0 Å². The van der Waals surface area contributed by atoms with Crippen molar-refractivity contribution in [3.05, 3.63) is 72.3 Å². The number of nitrogens with two attached hydrogens (primary N) is 1. The van der Waals surface area contributed by atoms with Gasteiger partial charge in [0.1, 0.15) is 5.75 Å². The second kappa shape index (κ2) is 11.7. The van der Waals surface area contributed by atoms with Crippen LogP contribution >= 0.6 is 0 Å². The van der Waals surface area contributed by atoms with Crippen molar-refractivity contribution in [3.63, 3.8) is 0 Å². The van der Waals surface area contributed by atoms with Gasteiger partial charge in [-0.15, -0.1) is 0 Å². The molecule has 2 amide bonds. The summed E-state index contributed by atoms with van der Waals surface area (Å²) in [4.78, 5) is 24.5.